The first-order valence-corrected chi connectivity index (χ1v) is 12.1. The highest BCUT2D eigenvalue weighted by atomic mass is 19.4. The van der Waals surface area contributed by atoms with Crippen molar-refractivity contribution < 1.29 is 23.1 Å². The van der Waals surface area contributed by atoms with E-state index in [4.69, 9.17) is 0 Å². The lowest BCUT2D eigenvalue weighted by atomic mass is 9.65. The number of anilines is 1. The first-order chi connectivity index (χ1) is 15.6. The number of carbonyl (C=O) groups excluding carboxylic acids is 1. The zero-order chi connectivity index (χ0) is 23.7. The average Bonchev–Trinajstić information content (AvgIpc) is 3.25. The van der Waals surface area contributed by atoms with Crippen LogP contribution in [0.4, 0.5) is 19.0 Å². The van der Waals surface area contributed by atoms with Crippen molar-refractivity contribution in [2.75, 3.05) is 50.7 Å². The Morgan fingerprint density at radius 3 is 2.42 bits per heavy atom. The number of carbonyl (C=O) groups is 1. The van der Waals surface area contributed by atoms with Gasteiger partial charge in [0.1, 0.15) is 5.82 Å². The number of amides is 1. The molecule has 3 heterocycles. The van der Waals surface area contributed by atoms with Gasteiger partial charge in [0.25, 0.3) is 0 Å². The fraction of sp³-hybridized carbons (Fsp3) is 0.750. The van der Waals surface area contributed by atoms with Crippen LogP contribution in [-0.4, -0.2) is 83.4 Å². The summed E-state index contributed by atoms with van der Waals surface area (Å²) in [5.74, 6) is -0.568. The van der Waals surface area contributed by atoms with Crippen LogP contribution in [0.2, 0.25) is 0 Å². The lowest BCUT2D eigenvalue weighted by Crippen LogP contribution is -2.65. The second kappa shape index (κ2) is 9.41. The van der Waals surface area contributed by atoms with Crippen LogP contribution in [0.5, 0.6) is 0 Å². The van der Waals surface area contributed by atoms with Gasteiger partial charge in [-0.3, -0.25) is 9.69 Å². The Labute approximate surface area is 193 Å². The Hall–Kier alpha value is -1.87. The first-order valence-electron chi connectivity index (χ1n) is 12.1. The number of rotatable bonds is 5. The van der Waals surface area contributed by atoms with Gasteiger partial charge in [0.2, 0.25) is 5.91 Å². The maximum Gasteiger partial charge on any atom is 0.389 e. The number of hydrogen-bond acceptors (Lipinski definition) is 5. The minimum Gasteiger partial charge on any atom is -0.388 e. The molecule has 1 spiro atoms. The predicted octanol–water partition coefficient (Wildman–Crippen LogP) is 3.32. The second-order valence-electron chi connectivity index (χ2n) is 10.2. The summed E-state index contributed by atoms with van der Waals surface area (Å²) in [7, 11) is 0. The molecule has 6 nitrogen and oxygen atoms in total. The molecule has 1 unspecified atom stereocenters. The van der Waals surface area contributed by atoms with Gasteiger partial charge in [0.05, 0.1) is 12.0 Å². The smallest absolute Gasteiger partial charge is 0.388 e. The summed E-state index contributed by atoms with van der Waals surface area (Å²) in [5.41, 5.74) is -1.36. The van der Waals surface area contributed by atoms with Crippen molar-refractivity contribution in [3.63, 3.8) is 0 Å². The Kier molecular flexibility index (Phi) is 6.92. The number of pyridine rings is 1. The quantitative estimate of drug-likeness (QED) is 0.719. The summed E-state index contributed by atoms with van der Waals surface area (Å²) < 4.78 is 38.5. The van der Waals surface area contributed by atoms with E-state index in [-0.39, 0.29) is 0 Å². The van der Waals surface area contributed by atoms with Gasteiger partial charge in [0.15, 0.2) is 0 Å². The number of aliphatic hydroxyl groups is 1. The SMILES string of the molecule is C[C@H](CC(F)(F)F)C(=O)N1CCC(O)(CN2CCN(c3ccccn3)CC2)C2(CCCC2)C1. The molecule has 0 aromatic carbocycles. The molecule has 9 heteroatoms. The monoisotopic (exact) mass is 468 g/mol. The molecule has 3 aliphatic rings. The zero-order valence-electron chi connectivity index (χ0n) is 19.4. The van der Waals surface area contributed by atoms with E-state index < -0.39 is 35.4 Å². The fourth-order valence-electron chi connectivity index (χ4n) is 6.08. The third-order valence-corrected chi connectivity index (χ3v) is 7.94. The van der Waals surface area contributed by atoms with Crippen molar-refractivity contribution in [3.8, 4) is 0 Å². The van der Waals surface area contributed by atoms with Crippen molar-refractivity contribution in [2.45, 2.75) is 57.2 Å². The number of likely N-dealkylation sites (tertiary alicyclic amines) is 1. The molecule has 1 N–H and O–H groups in total. The van der Waals surface area contributed by atoms with Gasteiger partial charge < -0.3 is 14.9 Å². The van der Waals surface area contributed by atoms with Crippen molar-refractivity contribution >= 4 is 11.7 Å². The van der Waals surface area contributed by atoms with Gasteiger partial charge in [-0.15, -0.1) is 0 Å². The van der Waals surface area contributed by atoms with Crippen molar-refractivity contribution in [1.82, 2.24) is 14.8 Å². The van der Waals surface area contributed by atoms with Crippen LogP contribution in [-0.2, 0) is 4.79 Å². The van der Waals surface area contributed by atoms with E-state index in [9.17, 15) is 23.1 Å². The molecular formula is C24H35F3N4O2. The van der Waals surface area contributed by atoms with Crippen LogP contribution in [0.25, 0.3) is 0 Å². The minimum absolute atomic E-state index is 0.313. The van der Waals surface area contributed by atoms with Crippen molar-refractivity contribution in [2.24, 2.45) is 11.3 Å². The number of nitrogens with zero attached hydrogens (tertiary/aromatic N) is 4. The first kappa shape index (κ1) is 24.3. The van der Waals surface area contributed by atoms with E-state index >= 15 is 0 Å². The van der Waals surface area contributed by atoms with Gasteiger partial charge in [-0.25, -0.2) is 4.98 Å². The molecule has 1 aromatic heterocycles. The summed E-state index contributed by atoms with van der Waals surface area (Å²) in [6, 6.07) is 5.88. The van der Waals surface area contributed by atoms with Crippen molar-refractivity contribution in [1.29, 1.82) is 0 Å². The minimum atomic E-state index is -4.35. The van der Waals surface area contributed by atoms with E-state index in [1.807, 2.05) is 18.2 Å². The van der Waals surface area contributed by atoms with Crippen LogP contribution in [0.15, 0.2) is 24.4 Å². The van der Waals surface area contributed by atoms with Crippen molar-refractivity contribution in [3.05, 3.63) is 24.4 Å². The largest absolute Gasteiger partial charge is 0.389 e. The summed E-state index contributed by atoms with van der Waals surface area (Å²) in [4.78, 5) is 23.4. The third-order valence-electron chi connectivity index (χ3n) is 7.94. The molecule has 2 atom stereocenters. The Morgan fingerprint density at radius 2 is 1.82 bits per heavy atom. The van der Waals surface area contributed by atoms with Gasteiger partial charge >= 0.3 is 6.18 Å². The van der Waals surface area contributed by atoms with Gasteiger partial charge in [-0.2, -0.15) is 13.2 Å². The molecule has 1 saturated carbocycles. The van der Waals surface area contributed by atoms with E-state index in [0.29, 0.717) is 26.1 Å². The Bertz CT molecular complexity index is 808. The number of β-amino-alcohol motifs (C(OH)–C–C–N with tert-alkyl or cyclic N) is 1. The highest BCUT2D eigenvalue weighted by Crippen LogP contribution is 2.51. The third kappa shape index (κ3) is 5.29. The van der Waals surface area contributed by atoms with Crippen LogP contribution in [0, 0.1) is 11.3 Å². The number of alkyl halides is 3. The molecule has 1 aliphatic carbocycles. The maximum absolute atomic E-state index is 12.8. The maximum atomic E-state index is 12.8. The molecular weight excluding hydrogens is 433 g/mol. The molecule has 1 amide bonds. The summed E-state index contributed by atoms with van der Waals surface area (Å²) in [5, 5.41) is 11.9. The van der Waals surface area contributed by atoms with Crippen LogP contribution in [0.3, 0.4) is 0 Å². The number of aromatic nitrogens is 1. The summed E-state index contributed by atoms with van der Waals surface area (Å²) >= 11 is 0. The van der Waals surface area contributed by atoms with Crippen LogP contribution >= 0.6 is 0 Å². The number of piperazine rings is 1. The van der Waals surface area contributed by atoms with E-state index in [2.05, 4.69) is 14.8 Å². The van der Waals surface area contributed by atoms with E-state index in [0.717, 1.165) is 57.7 Å². The van der Waals surface area contributed by atoms with Crippen LogP contribution in [0.1, 0.15) is 45.4 Å². The predicted molar refractivity (Wildman–Crippen MR) is 120 cm³/mol. The topological polar surface area (TPSA) is 59.9 Å². The number of piperidine rings is 1. The fourth-order valence-corrected chi connectivity index (χ4v) is 6.08. The number of hydrogen-bond donors (Lipinski definition) is 1. The highest BCUT2D eigenvalue weighted by Gasteiger charge is 2.56. The molecule has 1 aromatic rings. The normalized spacial score (nSPS) is 27.2. The van der Waals surface area contributed by atoms with Gasteiger partial charge in [-0.1, -0.05) is 25.8 Å². The molecule has 2 saturated heterocycles. The Balaban J connectivity index is 1.40. The molecule has 3 fully saturated rings. The summed E-state index contributed by atoms with van der Waals surface area (Å²) in [6.07, 6.45) is 0.348. The lowest BCUT2D eigenvalue weighted by molar-refractivity contribution is -0.173. The zero-order valence-corrected chi connectivity index (χ0v) is 19.4. The lowest BCUT2D eigenvalue weighted by Gasteiger charge is -2.54. The highest BCUT2D eigenvalue weighted by molar-refractivity contribution is 5.78. The molecule has 33 heavy (non-hydrogen) atoms. The number of halogens is 3. The molecule has 0 bridgehead atoms. The molecule has 2 aliphatic heterocycles. The van der Waals surface area contributed by atoms with E-state index in [1.54, 1.807) is 11.1 Å². The molecule has 4 rings (SSSR count). The average molecular weight is 469 g/mol. The second-order valence-corrected chi connectivity index (χ2v) is 10.2. The van der Waals surface area contributed by atoms with Gasteiger partial charge in [0, 0.05) is 63.3 Å². The van der Waals surface area contributed by atoms with Crippen LogP contribution < -0.4 is 4.90 Å². The van der Waals surface area contributed by atoms with Gasteiger partial charge in [-0.05, 0) is 31.4 Å². The Morgan fingerprint density at radius 1 is 1.12 bits per heavy atom. The molecule has 0 radical (unpaired) electrons. The standard InChI is InChI=1S/C24H35F3N4O2/c1-19(16-24(25,26)27)21(32)31-11-9-23(33,22(17-31)7-3-4-8-22)18-29-12-14-30(15-13-29)20-6-2-5-10-28-20/h2,5-6,10,19,33H,3-4,7-9,11-18H2,1H3/t19-,23?/m1/s1. The summed E-state index contributed by atoms with van der Waals surface area (Å²) in [6.45, 7) is 5.88. The molecule has 184 valence electrons. The van der Waals surface area contributed by atoms with E-state index in [1.165, 1.54) is 6.92 Å².